The minimum atomic E-state index is -0.389. The molecule has 0 radical (unpaired) electrons. The molecule has 20 heavy (non-hydrogen) atoms. The van der Waals surface area contributed by atoms with Crippen LogP contribution in [0.3, 0.4) is 0 Å². The van der Waals surface area contributed by atoms with Crippen LogP contribution in [0.25, 0.3) is 11.0 Å². The van der Waals surface area contributed by atoms with Gasteiger partial charge in [0.15, 0.2) is 5.76 Å². The van der Waals surface area contributed by atoms with E-state index in [0.717, 1.165) is 30.3 Å². The van der Waals surface area contributed by atoms with E-state index in [2.05, 4.69) is 17.2 Å². The number of benzene rings is 1. The van der Waals surface area contributed by atoms with Crippen LogP contribution in [0, 0.1) is 0 Å². The molecule has 1 heterocycles. The maximum atomic E-state index is 11.9. The molecule has 0 fully saturated rings. The first-order valence-corrected chi connectivity index (χ1v) is 6.87. The second-order valence-electron chi connectivity index (χ2n) is 4.97. The Bertz CT molecular complexity index is 592. The number of hydrogen-bond donors (Lipinski definition) is 2. The number of rotatable bonds is 6. The van der Waals surface area contributed by atoms with Crippen molar-refractivity contribution in [3.63, 3.8) is 0 Å². The van der Waals surface area contributed by atoms with Crippen LogP contribution in [0.1, 0.15) is 35.9 Å². The van der Waals surface area contributed by atoms with Gasteiger partial charge in [0, 0.05) is 17.5 Å². The van der Waals surface area contributed by atoms with Gasteiger partial charge in [0.2, 0.25) is 0 Å². The number of carbonyl (C=O) groups excluding carboxylic acids is 1. The van der Waals surface area contributed by atoms with Gasteiger partial charge in [0.05, 0.1) is 0 Å². The number of nitrogen functional groups attached to an aromatic ring is 1. The summed E-state index contributed by atoms with van der Waals surface area (Å²) in [4.78, 5) is 14.0. The highest BCUT2D eigenvalue weighted by Gasteiger charge is 2.20. The molecule has 0 aliphatic heterocycles. The number of unbranched alkanes of at least 4 members (excludes halogenated alkanes) is 1. The van der Waals surface area contributed by atoms with Crippen LogP contribution < -0.4 is 11.3 Å². The van der Waals surface area contributed by atoms with Crippen LogP contribution in [0.4, 0.5) is 0 Å². The van der Waals surface area contributed by atoms with Gasteiger partial charge in [-0.05, 0) is 26.1 Å². The van der Waals surface area contributed by atoms with Crippen LogP contribution in [-0.4, -0.2) is 24.4 Å². The fraction of sp³-hybridized carbons (Fsp3) is 0.400. The van der Waals surface area contributed by atoms with Crippen molar-refractivity contribution in [2.45, 2.75) is 26.3 Å². The topological polar surface area (TPSA) is 71.5 Å². The normalized spacial score (nSPS) is 11.2. The van der Waals surface area contributed by atoms with Crippen LogP contribution in [0.15, 0.2) is 28.7 Å². The molecule has 3 N–H and O–H groups in total. The Balaban J connectivity index is 2.35. The molecule has 5 heteroatoms. The zero-order valence-corrected chi connectivity index (χ0v) is 12.0. The molecule has 0 unspecified atom stereocenters. The number of nitrogens with zero attached hydrogens (tertiary/aromatic N) is 1. The summed E-state index contributed by atoms with van der Waals surface area (Å²) in [6.45, 7) is 3.81. The van der Waals surface area contributed by atoms with E-state index >= 15 is 0 Å². The number of hydrogen-bond acceptors (Lipinski definition) is 4. The zero-order valence-electron chi connectivity index (χ0n) is 12.0. The predicted molar refractivity (Wildman–Crippen MR) is 79.1 cm³/mol. The lowest BCUT2D eigenvalue weighted by Gasteiger charge is -2.16. The monoisotopic (exact) mass is 275 g/mol. The Labute approximate surface area is 118 Å². The predicted octanol–water partition coefficient (Wildman–Crippen LogP) is 2.27. The van der Waals surface area contributed by atoms with E-state index < -0.39 is 0 Å². The molecule has 0 aliphatic rings. The summed E-state index contributed by atoms with van der Waals surface area (Å²) in [5.41, 5.74) is 3.75. The highest BCUT2D eigenvalue weighted by Crippen LogP contribution is 2.26. The van der Waals surface area contributed by atoms with Crippen molar-refractivity contribution in [3.8, 4) is 0 Å². The van der Waals surface area contributed by atoms with Gasteiger partial charge >= 0.3 is 5.91 Å². The Hall–Kier alpha value is -1.85. The van der Waals surface area contributed by atoms with E-state index in [-0.39, 0.29) is 5.91 Å². The average molecular weight is 275 g/mol. The molecule has 108 valence electrons. The summed E-state index contributed by atoms with van der Waals surface area (Å²) < 4.78 is 5.64. The van der Waals surface area contributed by atoms with E-state index in [0.29, 0.717) is 17.9 Å². The lowest BCUT2D eigenvalue weighted by Crippen LogP contribution is -2.31. The van der Waals surface area contributed by atoms with E-state index in [1.54, 1.807) is 0 Å². The standard InChI is InChI=1S/C15H21N3O2/c1-3-4-9-18(2)10-12-11-7-5-6-8-13(11)20-14(12)15(19)17-16/h5-8H,3-4,9-10,16H2,1-2H3,(H,17,19). The number of fused-ring (bicyclic) bond motifs is 1. The average Bonchev–Trinajstić information content (AvgIpc) is 2.83. The number of nitrogens with two attached hydrogens (primary N) is 1. The van der Waals surface area contributed by atoms with Gasteiger partial charge in [-0.25, -0.2) is 5.84 Å². The van der Waals surface area contributed by atoms with Crippen molar-refractivity contribution in [3.05, 3.63) is 35.6 Å². The lowest BCUT2D eigenvalue weighted by molar-refractivity contribution is 0.0925. The second-order valence-corrected chi connectivity index (χ2v) is 4.97. The quantitative estimate of drug-likeness (QED) is 0.482. The molecule has 0 spiro atoms. The number of carbonyl (C=O) groups is 1. The van der Waals surface area contributed by atoms with Gasteiger partial charge in [-0.3, -0.25) is 10.2 Å². The molecule has 1 amide bonds. The molecule has 1 aromatic heterocycles. The first kappa shape index (κ1) is 14.6. The van der Waals surface area contributed by atoms with Crippen LogP contribution >= 0.6 is 0 Å². The minimum Gasteiger partial charge on any atom is -0.451 e. The van der Waals surface area contributed by atoms with E-state index in [4.69, 9.17) is 10.3 Å². The molecule has 5 nitrogen and oxygen atoms in total. The van der Waals surface area contributed by atoms with E-state index in [1.807, 2.05) is 31.3 Å². The van der Waals surface area contributed by atoms with Crippen LogP contribution in [0.2, 0.25) is 0 Å². The molecular formula is C15H21N3O2. The minimum absolute atomic E-state index is 0.303. The van der Waals surface area contributed by atoms with Crippen molar-refractivity contribution in [2.75, 3.05) is 13.6 Å². The third kappa shape index (κ3) is 3.00. The Morgan fingerprint density at radius 1 is 1.40 bits per heavy atom. The Morgan fingerprint density at radius 3 is 2.85 bits per heavy atom. The number of furan rings is 1. The molecule has 2 aromatic rings. The molecule has 0 saturated heterocycles. The van der Waals surface area contributed by atoms with Gasteiger partial charge in [-0.2, -0.15) is 0 Å². The van der Waals surface area contributed by atoms with Crippen molar-refractivity contribution >= 4 is 16.9 Å². The van der Waals surface area contributed by atoms with E-state index in [1.165, 1.54) is 0 Å². The van der Waals surface area contributed by atoms with Gasteiger partial charge in [-0.1, -0.05) is 31.5 Å². The number of hydrazine groups is 1. The van der Waals surface area contributed by atoms with Crippen LogP contribution in [0.5, 0.6) is 0 Å². The number of amides is 1. The highest BCUT2D eigenvalue weighted by molar-refractivity contribution is 5.98. The third-order valence-corrected chi connectivity index (χ3v) is 3.36. The van der Waals surface area contributed by atoms with Crippen molar-refractivity contribution in [2.24, 2.45) is 5.84 Å². The van der Waals surface area contributed by atoms with Crippen molar-refractivity contribution in [1.82, 2.24) is 10.3 Å². The fourth-order valence-corrected chi connectivity index (χ4v) is 2.28. The summed E-state index contributed by atoms with van der Waals surface area (Å²) in [6.07, 6.45) is 2.28. The van der Waals surface area contributed by atoms with Gasteiger partial charge in [0.25, 0.3) is 0 Å². The molecule has 1 aromatic carbocycles. The highest BCUT2D eigenvalue weighted by atomic mass is 16.3. The largest absolute Gasteiger partial charge is 0.451 e. The SMILES string of the molecule is CCCCN(C)Cc1c(C(=O)NN)oc2ccccc12. The Morgan fingerprint density at radius 2 is 2.15 bits per heavy atom. The molecule has 0 saturated carbocycles. The van der Waals surface area contributed by atoms with Crippen molar-refractivity contribution < 1.29 is 9.21 Å². The molecule has 2 rings (SSSR count). The summed E-state index contributed by atoms with van der Waals surface area (Å²) in [7, 11) is 2.04. The summed E-state index contributed by atoms with van der Waals surface area (Å²) in [6, 6.07) is 7.66. The summed E-state index contributed by atoms with van der Waals surface area (Å²) in [5, 5.41) is 0.967. The van der Waals surface area contributed by atoms with Gasteiger partial charge < -0.3 is 9.32 Å². The summed E-state index contributed by atoms with van der Waals surface area (Å²) in [5.74, 6) is 5.15. The zero-order chi connectivity index (χ0) is 14.5. The number of para-hydroxylation sites is 1. The first-order chi connectivity index (χ1) is 9.67. The second kappa shape index (κ2) is 6.54. The molecular weight excluding hydrogens is 254 g/mol. The maximum absolute atomic E-state index is 11.9. The fourth-order valence-electron chi connectivity index (χ4n) is 2.28. The van der Waals surface area contributed by atoms with Crippen LogP contribution in [-0.2, 0) is 6.54 Å². The number of nitrogens with one attached hydrogen (secondary N) is 1. The lowest BCUT2D eigenvalue weighted by atomic mass is 10.1. The third-order valence-electron chi connectivity index (χ3n) is 3.36. The summed E-state index contributed by atoms with van der Waals surface area (Å²) >= 11 is 0. The van der Waals surface area contributed by atoms with Crippen molar-refractivity contribution in [1.29, 1.82) is 0 Å². The Kier molecular flexibility index (Phi) is 4.76. The smallest absolute Gasteiger partial charge is 0.301 e. The van der Waals surface area contributed by atoms with E-state index in [9.17, 15) is 4.79 Å². The first-order valence-electron chi connectivity index (χ1n) is 6.87. The van der Waals surface area contributed by atoms with Gasteiger partial charge in [0.1, 0.15) is 5.58 Å². The molecule has 0 bridgehead atoms. The molecule has 0 aliphatic carbocycles. The maximum Gasteiger partial charge on any atom is 0.301 e. The van der Waals surface area contributed by atoms with Gasteiger partial charge in [-0.15, -0.1) is 0 Å². The molecule has 0 atom stereocenters.